The maximum absolute atomic E-state index is 13.1. The molecular formula is C25H38ClN3O5Si. The molecule has 0 bridgehead atoms. The zero-order chi connectivity index (χ0) is 26.0. The molecule has 194 valence electrons. The van der Waals surface area contributed by atoms with Crippen molar-refractivity contribution < 1.29 is 23.9 Å². The highest BCUT2D eigenvalue weighted by molar-refractivity contribution is 6.76. The van der Waals surface area contributed by atoms with E-state index in [9.17, 15) is 14.4 Å². The van der Waals surface area contributed by atoms with Gasteiger partial charge in [-0.2, -0.15) is 0 Å². The summed E-state index contributed by atoms with van der Waals surface area (Å²) in [6.45, 7) is 14.1. The van der Waals surface area contributed by atoms with Gasteiger partial charge in [0.2, 0.25) is 11.8 Å². The summed E-state index contributed by atoms with van der Waals surface area (Å²) in [6.07, 6.45) is 0.305. The molecule has 2 fully saturated rings. The summed E-state index contributed by atoms with van der Waals surface area (Å²) >= 11 is 6.61. The van der Waals surface area contributed by atoms with Crippen LogP contribution in [0, 0.1) is 0 Å². The van der Waals surface area contributed by atoms with E-state index < -0.39 is 25.7 Å². The Bertz CT molecular complexity index is 953. The molecule has 0 radical (unpaired) electrons. The van der Waals surface area contributed by atoms with E-state index in [2.05, 4.69) is 29.9 Å². The lowest BCUT2D eigenvalue weighted by Crippen LogP contribution is -2.60. The van der Waals surface area contributed by atoms with Crippen LogP contribution in [0.4, 0.5) is 10.5 Å². The van der Waals surface area contributed by atoms with E-state index in [0.717, 1.165) is 17.3 Å². The van der Waals surface area contributed by atoms with Crippen molar-refractivity contribution >= 4 is 43.3 Å². The van der Waals surface area contributed by atoms with Crippen molar-refractivity contribution in [2.45, 2.75) is 76.9 Å². The molecule has 2 saturated heterocycles. The van der Waals surface area contributed by atoms with E-state index in [4.69, 9.17) is 21.1 Å². The van der Waals surface area contributed by atoms with Crippen LogP contribution in [-0.4, -0.2) is 69.0 Å². The number of halogens is 1. The first-order chi connectivity index (χ1) is 16.2. The number of anilines is 1. The zero-order valence-corrected chi connectivity index (χ0v) is 23.4. The second-order valence-corrected chi connectivity index (χ2v) is 17.6. The Morgan fingerprint density at radius 1 is 1.20 bits per heavy atom. The number of benzene rings is 1. The molecule has 35 heavy (non-hydrogen) atoms. The molecule has 1 N–H and O–H groups in total. The van der Waals surface area contributed by atoms with Crippen LogP contribution in [0.1, 0.15) is 45.1 Å². The quantitative estimate of drug-likeness (QED) is 0.304. The highest BCUT2D eigenvalue weighted by Gasteiger charge is 2.37. The number of piperidine rings is 1. The van der Waals surface area contributed by atoms with Crippen molar-refractivity contribution in [3.05, 3.63) is 28.8 Å². The fourth-order valence-corrected chi connectivity index (χ4v) is 5.11. The number of nitrogens with zero attached hydrogens (tertiary/aromatic N) is 2. The second-order valence-electron chi connectivity index (χ2n) is 11.6. The first-order valence-electron chi connectivity index (χ1n) is 12.2. The number of rotatable bonds is 8. The molecule has 0 spiro atoms. The maximum atomic E-state index is 13.1. The molecule has 0 aliphatic carbocycles. The first-order valence-corrected chi connectivity index (χ1v) is 16.3. The molecule has 1 aromatic carbocycles. The number of nitrogens with one attached hydrogen (secondary N) is 1. The monoisotopic (exact) mass is 523 g/mol. The third-order valence-corrected chi connectivity index (χ3v) is 8.09. The van der Waals surface area contributed by atoms with Gasteiger partial charge in [-0.3, -0.25) is 14.5 Å². The lowest BCUT2D eigenvalue weighted by atomic mass is 9.89. The predicted octanol–water partition coefficient (Wildman–Crippen LogP) is 4.60. The summed E-state index contributed by atoms with van der Waals surface area (Å²) < 4.78 is 11.0. The van der Waals surface area contributed by atoms with Gasteiger partial charge in [0.25, 0.3) is 0 Å². The predicted molar refractivity (Wildman–Crippen MR) is 140 cm³/mol. The maximum Gasteiger partial charge on any atom is 0.407 e. The molecule has 3 amide bonds. The van der Waals surface area contributed by atoms with E-state index in [1.807, 2.05) is 39.0 Å². The molecule has 3 rings (SSSR count). The third kappa shape index (κ3) is 7.69. The van der Waals surface area contributed by atoms with Crippen molar-refractivity contribution in [3.8, 4) is 0 Å². The number of hydrogen-bond acceptors (Lipinski definition) is 6. The van der Waals surface area contributed by atoms with Gasteiger partial charge in [0.1, 0.15) is 12.3 Å². The Morgan fingerprint density at radius 3 is 2.49 bits per heavy atom. The van der Waals surface area contributed by atoms with Crippen molar-refractivity contribution in [1.82, 2.24) is 10.2 Å². The Labute approximate surface area is 214 Å². The van der Waals surface area contributed by atoms with Crippen LogP contribution < -0.4 is 10.2 Å². The largest absolute Gasteiger partial charge is 0.444 e. The summed E-state index contributed by atoms with van der Waals surface area (Å²) in [7, 11) is -1.25. The van der Waals surface area contributed by atoms with Crippen molar-refractivity contribution in [2.24, 2.45) is 0 Å². The van der Waals surface area contributed by atoms with E-state index in [1.165, 1.54) is 4.90 Å². The van der Waals surface area contributed by atoms with Gasteiger partial charge >= 0.3 is 6.09 Å². The Hall–Kier alpha value is -2.10. The molecule has 8 nitrogen and oxygen atoms in total. The van der Waals surface area contributed by atoms with Gasteiger partial charge in [0, 0.05) is 44.9 Å². The Morgan fingerprint density at radius 2 is 1.89 bits per heavy atom. The van der Waals surface area contributed by atoms with Crippen LogP contribution in [0.3, 0.4) is 0 Å². The minimum Gasteiger partial charge on any atom is -0.444 e. The number of hydrogen-bond donors (Lipinski definition) is 1. The standard InChI is InChI=1S/C25H38ClN3O5Si/c1-25(2,3)34-24(32)27-17-14-28(15-17)18-7-8-19(21(26)13-18)20-9-10-22(30)29(23(20)31)16-33-11-12-35(4,5)6/h7-8,13,17,20H,9-12,14-16H2,1-6H3,(H,27,32). The highest BCUT2D eigenvalue weighted by atomic mass is 35.5. The van der Waals surface area contributed by atoms with Gasteiger partial charge in [-0.1, -0.05) is 37.3 Å². The van der Waals surface area contributed by atoms with Crippen molar-refractivity contribution in [1.29, 1.82) is 0 Å². The molecule has 2 aliphatic rings. The van der Waals surface area contributed by atoms with E-state index in [1.54, 1.807) is 0 Å². The van der Waals surface area contributed by atoms with Gasteiger partial charge in [-0.05, 0) is 50.9 Å². The average molecular weight is 524 g/mol. The molecule has 10 heteroatoms. The van der Waals surface area contributed by atoms with Crippen molar-refractivity contribution in [3.63, 3.8) is 0 Å². The van der Waals surface area contributed by atoms with Crippen LogP contribution in [0.2, 0.25) is 30.7 Å². The molecule has 0 aromatic heterocycles. The first kappa shape index (κ1) is 27.5. The van der Waals surface area contributed by atoms with Crippen LogP contribution in [0.5, 0.6) is 0 Å². The molecule has 2 heterocycles. The smallest absolute Gasteiger partial charge is 0.407 e. The summed E-state index contributed by atoms with van der Waals surface area (Å²) in [5.74, 6) is -0.918. The van der Waals surface area contributed by atoms with Gasteiger partial charge in [0.05, 0.1) is 12.0 Å². The van der Waals surface area contributed by atoms with Crippen LogP contribution in [0.25, 0.3) is 0 Å². The molecule has 0 saturated carbocycles. The van der Waals surface area contributed by atoms with Gasteiger partial charge in [-0.15, -0.1) is 0 Å². The molecule has 2 aliphatic heterocycles. The molecule has 1 aromatic rings. The van der Waals surface area contributed by atoms with Gasteiger partial charge < -0.3 is 19.7 Å². The number of ether oxygens (including phenoxy) is 2. The van der Waals surface area contributed by atoms with Crippen LogP contribution in [0.15, 0.2) is 18.2 Å². The van der Waals surface area contributed by atoms with E-state index in [0.29, 0.717) is 31.1 Å². The van der Waals surface area contributed by atoms with Crippen LogP contribution in [-0.2, 0) is 19.1 Å². The lowest BCUT2D eigenvalue weighted by Gasteiger charge is -2.41. The minimum absolute atomic E-state index is 0.00347. The average Bonchev–Trinajstić information content (AvgIpc) is 2.68. The Kier molecular flexibility index (Phi) is 8.55. The number of carbonyl (C=O) groups is 3. The van der Waals surface area contributed by atoms with Crippen molar-refractivity contribution in [2.75, 3.05) is 31.3 Å². The fraction of sp³-hybridized carbons (Fsp3) is 0.640. The van der Waals surface area contributed by atoms with E-state index in [-0.39, 0.29) is 31.0 Å². The number of carbonyl (C=O) groups excluding carboxylic acids is 3. The summed E-state index contributed by atoms with van der Waals surface area (Å²) in [4.78, 5) is 40.8. The number of imide groups is 1. The number of amides is 3. The van der Waals surface area contributed by atoms with Gasteiger partial charge in [0.15, 0.2) is 0 Å². The fourth-order valence-electron chi connectivity index (χ4n) is 4.05. The SMILES string of the molecule is CC(C)(C)OC(=O)NC1CN(c2ccc(C3CCC(=O)N(COCC[Si](C)(C)C)C3=O)c(Cl)c2)C1. The number of likely N-dealkylation sites (tertiary alicyclic amines) is 1. The normalized spacial score (nSPS) is 19.6. The highest BCUT2D eigenvalue weighted by Crippen LogP contribution is 2.36. The summed E-state index contributed by atoms with van der Waals surface area (Å²) in [5, 5.41) is 3.37. The molecular weight excluding hydrogens is 486 g/mol. The Balaban J connectivity index is 1.56. The van der Waals surface area contributed by atoms with Gasteiger partial charge in [-0.25, -0.2) is 4.79 Å². The molecule has 1 atom stereocenters. The molecule has 1 unspecified atom stereocenters. The van der Waals surface area contributed by atoms with E-state index >= 15 is 0 Å². The minimum atomic E-state index is -1.25. The number of alkyl carbamates (subject to hydrolysis) is 1. The second kappa shape index (κ2) is 10.9. The summed E-state index contributed by atoms with van der Waals surface area (Å²) in [6, 6.07) is 6.63. The third-order valence-electron chi connectivity index (χ3n) is 6.06. The lowest BCUT2D eigenvalue weighted by molar-refractivity contribution is -0.155. The zero-order valence-electron chi connectivity index (χ0n) is 21.7. The topological polar surface area (TPSA) is 88.2 Å². The summed E-state index contributed by atoms with van der Waals surface area (Å²) in [5.41, 5.74) is 1.11. The van der Waals surface area contributed by atoms with Crippen LogP contribution >= 0.6 is 11.6 Å².